The summed E-state index contributed by atoms with van der Waals surface area (Å²) in [6.45, 7) is 2.75. The van der Waals surface area contributed by atoms with Crippen molar-refractivity contribution in [3.05, 3.63) is 29.6 Å². The van der Waals surface area contributed by atoms with Crippen LogP contribution in [0.2, 0.25) is 0 Å². The fourth-order valence-corrected chi connectivity index (χ4v) is 2.70. The van der Waals surface area contributed by atoms with Gasteiger partial charge in [-0.15, -0.1) is 0 Å². The number of amides is 1. The van der Waals surface area contributed by atoms with Crippen molar-refractivity contribution in [2.75, 3.05) is 6.54 Å². The highest BCUT2D eigenvalue weighted by Crippen LogP contribution is 2.23. The molecule has 0 aliphatic carbocycles. The number of phenols is 1. The molecule has 1 atom stereocenters. The molecule has 4 heteroatoms. The lowest BCUT2D eigenvalue weighted by molar-refractivity contribution is 0.0673. The lowest BCUT2D eigenvalue weighted by Crippen LogP contribution is -2.40. The Kier molecular flexibility index (Phi) is 4.40. The van der Waals surface area contributed by atoms with Gasteiger partial charge in [0.2, 0.25) is 0 Å². The molecule has 0 bridgehead atoms. The van der Waals surface area contributed by atoms with E-state index in [1.165, 1.54) is 12.1 Å². The highest BCUT2D eigenvalue weighted by Gasteiger charge is 2.26. The van der Waals surface area contributed by atoms with Crippen LogP contribution in [-0.4, -0.2) is 28.5 Å². The smallest absolute Gasteiger partial charge is 0.257 e. The zero-order chi connectivity index (χ0) is 13.8. The van der Waals surface area contributed by atoms with E-state index in [1.807, 2.05) is 0 Å². The quantitative estimate of drug-likeness (QED) is 0.891. The fraction of sp³-hybridized carbons (Fsp3) is 0.533. The summed E-state index contributed by atoms with van der Waals surface area (Å²) in [6, 6.07) is 3.91. The molecule has 1 saturated heterocycles. The van der Waals surface area contributed by atoms with Gasteiger partial charge in [0.25, 0.3) is 5.91 Å². The Bertz CT molecular complexity index is 461. The van der Waals surface area contributed by atoms with Crippen molar-refractivity contribution in [2.24, 2.45) is 0 Å². The van der Waals surface area contributed by atoms with Gasteiger partial charge < -0.3 is 10.0 Å². The van der Waals surface area contributed by atoms with Crippen LogP contribution in [0, 0.1) is 5.82 Å². The summed E-state index contributed by atoms with van der Waals surface area (Å²) >= 11 is 0. The van der Waals surface area contributed by atoms with Crippen molar-refractivity contribution < 1.29 is 14.3 Å². The van der Waals surface area contributed by atoms with E-state index < -0.39 is 5.82 Å². The number of carbonyl (C=O) groups excluding carboxylic acids is 1. The first kappa shape index (κ1) is 13.8. The summed E-state index contributed by atoms with van der Waals surface area (Å²) in [7, 11) is 0. The van der Waals surface area contributed by atoms with Gasteiger partial charge in [-0.1, -0.05) is 19.8 Å². The predicted molar refractivity (Wildman–Crippen MR) is 71.6 cm³/mol. The van der Waals surface area contributed by atoms with Crippen LogP contribution in [0.5, 0.6) is 5.75 Å². The maximum Gasteiger partial charge on any atom is 0.257 e. The van der Waals surface area contributed by atoms with E-state index in [9.17, 15) is 14.3 Å². The first-order valence-electron chi connectivity index (χ1n) is 6.93. The van der Waals surface area contributed by atoms with Crippen LogP contribution in [0.1, 0.15) is 49.4 Å². The molecule has 3 nitrogen and oxygen atoms in total. The highest BCUT2D eigenvalue weighted by molar-refractivity contribution is 5.94. The maximum atomic E-state index is 13.8. The zero-order valence-electron chi connectivity index (χ0n) is 11.2. The normalized spacial score (nSPS) is 20.1. The van der Waals surface area contributed by atoms with Gasteiger partial charge in [-0.25, -0.2) is 4.39 Å². The molecular weight excluding hydrogens is 245 g/mol. The first-order valence-corrected chi connectivity index (χ1v) is 6.93. The molecule has 0 saturated carbocycles. The Morgan fingerprint density at radius 2 is 2.21 bits per heavy atom. The number of benzene rings is 1. The van der Waals surface area contributed by atoms with Crippen molar-refractivity contribution in [1.82, 2.24) is 4.90 Å². The van der Waals surface area contributed by atoms with E-state index in [-0.39, 0.29) is 23.3 Å². The summed E-state index contributed by atoms with van der Waals surface area (Å²) in [6.07, 6.45) is 5.11. The Balaban J connectivity index is 2.25. The molecule has 104 valence electrons. The minimum atomic E-state index is -0.649. The Morgan fingerprint density at radius 1 is 1.42 bits per heavy atom. The number of phenolic OH excluding ortho intramolecular Hbond substituents is 1. The molecule has 1 N–H and O–H groups in total. The van der Waals surface area contributed by atoms with Crippen LogP contribution in [0.15, 0.2) is 18.2 Å². The molecule has 1 aliphatic rings. The van der Waals surface area contributed by atoms with Crippen LogP contribution in [-0.2, 0) is 0 Å². The number of nitrogens with zero attached hydrogens (tertiary/aromatic N) is 1. The van der Waals surface area contributed by atoms with Crippen molar-refractivity contribution in [3.8, 4) is 5.75 Å². The number of hydrogen-bond acceptors (Lipinski definition) is 2. The number of aromatic hydroxyl groups is 1. The van der Waals surface area contributed by atoms with Gasteiger partial charge in [0.15, 0.2) is 0 Å². The number of carbonyl (C=O) groups is 1. The number of likely N-dealkylation sites (tertiary alicyclic amines) is 1. The SMILES string of the molecule is CCC1CCCCCN1C(=O)c1ccc(O)cc1F. The summed E-state index contributed by atoms with van der Waals surface area (Å²) in [5.41, 5.74) is 0.0538. The first-order chi connectivity index (χ1) is 9.13. The van der Waals surface area contributed by atoms with Crippen LogP contribution < -0.4 is 0 Å². The van der Waals surface area contributed by atoms with E-state index in [4.69, 9.17) is 0 Å². The molecule has 2 rings (SSSR count). The molecule has 1 heterocycles. The molecule has 1 amide bonds. The standard InChI is InChI=1S/C15H20FNO2/c1-2-11-6-4-3-5-9-17(11)15(19)13-8-7-12(18)10-14(13)16/h7-8,10-11,18H,2-6,9H2,1H3. The Labute approximate surface area is 113 Å². The molecule has 0 radical (unpaired) electrons. The minimum absolute atomic E-state index is 0.0538. The molecule has 0 spiro atoms. The van der Waals surface area contributed by atoms with Gasteiger partial charge in [-0.2, -0.15) is 0 Å². The third-order valence-electron chi connectivity index (χ3n) is 3.79. The fourth-order valence-electron chi connectivity index (χ4n) is 2.70. The van der Waals surface area contributed by atoms with Crippen molar-refractivity contribution >= 4 is 5.91 Å². The third-order valence-corrected chi connectivity index (χ3v) is 3.79. The molecular formula is C15H20FNO2. The highest BCUT2D eigenvalue weighted by atomic mass is 19.1. The maximum absolute atomic E-state index is 13.8. The van der Waals surface area contributed by atoms with Gasteiger partial charge in [0.05, 0.1) is 5.56 Å². The lowest BCUT2D eigenvalue weighted by atomic mass is 10.1. The van der Waals surface area contributed by atoms with Crippen molar-refractivity contribution in [2.45, 2.75) is 45.1 Å². The lowest BCUT2D eigenvalue weighted by Gasteiger charge is -2.29. The van der Waals surface area contributed by atoms with E-state index in [0.717, 1.165) is 38.2 Å². The van der Waals surface area contributed by atoms with Crippen LogP contribution >= 0.6 is 0 Å². The van der Waals surface area contributed by atoms with E-state index >= 15 is 0 Å². The summed E-state index contributed by atoms with van der Waals surface area (Å²) in [4.78, 5) is 14.3. The number of halogens is 1. The van der Waals surface area contributed by atoms with Crippen molar-refractivity contribution in [1.29, 1.82) is 0 Å². The van der Waals surface area contributed by atoms with Crippen LogP contribution in [0.25, 0.3) is 0 Å². The average Bonchev–Trinajstić information content (AvgIpc) is 2.63. The zero-order valence-corrected chi connectivity index (χ0v) is 11.2. The summed E-state index contributed by atoms with van der Waals surface area (Å²) in [5.74, 6) is -1.06. The Hall–Kier alpha value is -1.58. The second-order valence-electron chi connectivity index (χ2n) is 5.07. The second-order valence-corrected chi connectivity index (χ2v) is 5.07. The topological polar surface area (TPSA) is 40.5 Å². The average molecular weight is 265 g/mol. The molecule has 0 aromatic heterocycles. The van der Waals surface area contributed by atoms with Gasteiger partial charge in [-0.05, 0) is 31.4 Å². The number of hydrogen-bond donors (Lipinski definition) is 1. The molecule has 1 unspecified atom stereocenters. The molecule has 1 aromatic carbocycles. The molecule has 1 aromatic rings. The minimum Gasteiger partial charge on any atom is -0.508 e. The third kappa shape index (κ3) is 3.06. The largest absolute Gasteiger partial charge is 0.508 e. The number of rotatable bonds is 2. The van der Waals surface area contributed by atoms with Gasteiger partial charge in [0, 0.05) is 18.7 Å². The Morgan fingerprint density at radius 3 is 2.89 bits per heavy atom. The molecule has 1 fully saturated rings. The molecule has 19 heavy (non-hydrogen) atoms. The second kappa shape index (κ2) is 6.04. The van der Waals surface area contributed by atoms with Crippen molar-refractivity contribution in [3.63, 3.8) is 0 Å². The molecule has 1 aliphatic heterocycles. The predicted octanol–water partition coefficient (Wildman–Crippen LogP) is 3.33. The summed E-state index contributed by atoms with van der Waals surface area (Å²) < 4.78 is 13.8. The van der Waals surface area contributed by atoms with E-state index in [1.54, 1.807) is 4.90 Å². The van der Waals surface area contributed by atoms with E-state index in [0.29, 0.717) is 6.54 Å². The van der Waals surface area contributed by atoms with Gasteiger partial charge >= 0.3 is 0 Å². The van der Waals surface area contributed by atoms with Crippen LogP contribution in [0.3, 0.4) is 0 Å². The van der Waals surface area contributed by atoms with Gasteiger partial charge in [-0.3, -0.25) is 4.79 Å². The monoisotopic (exact) mass is 265 g/mol. The summed E-state index contributed by atoms with van der Waals surface area (Å²) in [5, 5.41) is 9.21. The van der Waals surface area contributed by atoms with Crippen LogP contribution in [0.4, 0.5) is 4.39 Å². The van der Waals surface area contributed by atoms with Gasteiger partial charge in [0.1, 0.15) is 11.6 Å². The van der Waals surface area contributed by atoms with E-state index in [2.05, 4.69) is 6.92 Å².